The van der Waals surface area contributed by atoms with Crippen molar-refractivity contribution in [3.8, 4) is 11.5 Å². The van der Waals surface area contributed by atoms with E-state index < -0.39 is 0 Å². The SMILES string of the molecule is CC(C)C(=O)N1CCCN(C(=O)Cc2ccc3c(c2)OCCO3)CC1. The van der Waals surface area contributed by atoms with Crippen LogP contribution in [0.4, 0.5) is 0 Å². The van der Waals surface area contributed by atoms with Crippen molar-refractivity contribution in [3.05, 3.63) is 23.8 Å². The third-order valence-electron chi connectivity index (χ3n) is 4.62. The fraction of sp³-hybridized carbons (Fsp3) is 0.579. The third-order valence-corrected chi connectivity index (χ3v) is 4.62. The van der Waals surface area contributed by atoms with Gasteiger partial charge in [0.15, 0.2) is 11.5 Å². The predicted molar refractivity (Wildman–Crippen MR) is 93.8 cm³/mol. The lowest BCUT2D eigenvalue weighted by molar-refractivity contribution is -0.135. The number of benzene rings is 1. The molecule has 6 heteroatoms. The molecular formula is C19H26N2O4. The van der Waals surface area contributed by atoms with E-state index in [1.54, 1.807) is 0 Å². The summed E-state index contributed by atoms with van der Waals surface area (Å²) in [5.41, 5.74) is 0.925. The second-order valence-electron chi connectivity index (χ2n) is 6.87. The minimum Gasteiger partial charge on any atom is -0.486 e. The average molecular weight is 346 g/mol. The Morgan fingerprint density at radius 3 is 2.44 bits per heavy atom. The zero-order chi connectivity index (χ0) is 17.8. The maximum Gasteiger partial charge on any atom is 0.227 e. The molecule has 3 rings (SSSR count). The van der Waals surface area contributed by atoms with E-state index in [4.69, 9.17) is 9.47 Å². The molecule has 2 heterocycles. The van der Waals surface area contributed by atoms with Gasteiger partial charge < -0.3 is 19.3 Å². The summed E-state index contributed by atoms with van der Waals surface area (Å²) in [6.45, 7) is 7.57. The van der Waals surface area contributed by atoms with Crippen LogP contribution < -0.4 is 9.47 Å². The lowest BCUT2D eigenvalue weighted by atomic mass is 10.1. The number of carbonyl (C=O) groups excluding carboxylic acids is 2. The maximum absolute atomic E-state index is 12.6. The summed E-state index contributed by atoms with van der Waals surface area (Å²) in [6, 6.07) is 5.67. The van der Waals surface area contributed by atoms with E-state index in [1.165, 1.54) is 0 Å². The van der Waals surface area contributed by atoms with Crippen LogP contribution in [0.5, 0.6) is 11.5 Å². The Bertz CT molecular complexity index is 644. The number of rotatable bonds is 3. The highest BCUT2D eigenvalue weighted by Gasteiger charge is 2.23. The molecule has 1 aromatic rings. The highest BCUT2D eigenvalue weighted by molar-refractivity contribution is 5.80. The summed E-state index contributed by atoms with van der Waals surface area (Å²) in [4.78, 5) is 28.5. The van der Waals surface area contributed by atoms with E-state index in [2.05, 4.69) is 0 Å². The molecule has 0 atom stereocenters. The number of fused-ring (bicyclic) bond motifs is 1. The van der Waals surface area contributed by atoms with Crippen molar-refractivity contribution in [2.24, 2.45) is 5.92 Å². The Labute approximate surface area is 148 Å². The van der Waals surface area contributed by atoms with Crippen LogP contribution in [0.25, 0.3) is 0 Å². The number of hydrogen-bond donors (Lipinski definition) is 0. The van der Waals surface area contributed by atoms with Gasteiger partial charge in [-0.15, -0.1) is 0 Å². The predicted octanol–water partition coefficient (Wildman–Crippen LogP) is 1.72. The number of ether oxygens (including phenoxy) is 2. The minimum atomic E-state index is -0.0000316. The molecule has 2 aliphatic rings. The lowest BCUT2D eigenvalue weighted by Gasteiger charge is -2.24. The second-order valence-corrected chi connectivity index (χ2v) is 6.87. The molecule has 0 bridgehead atoms. The standard InChI is InChI=1S/C19H26N2O4/c1-14(2)19(23)21-7-3-6-20(8-9-21)18(22)13-15-4-5-16-17(12-15)25-11-10-24-16/h4-5,12,14H,3,6-11,13H2,1-2H3. The Hall–Kier alpha value is -2.24. The van der Waals surface area contributed by atoms with Gasteiger partial charge in [-0.1, -0.05) is 19.9 Å². The first-order chi connectivity index (χ1) is 12.0. The first-order valence-electron chi connectivity index (χ1n) is 8.99. The quantitative estimate of drug-likeness (QED) is 0.836. The number of hydrogen-bond acceptors (Lipinski definition) is 4. The van der Waals surface area contributed by atoms with Gasteiger partial charge in [0.1, 0.15) is 13.2 Å². The molecule has 2 aliphatic heterocycles. The topological polar surface area (TPSA) is 59.1 Å². The molecule has 0 N–H and O–H groups in total. The molecule has 0 saturated carbocycles. The van der Waals surface area contributed by atoms with Crippen molar-refractivity contribution >= 4 is 11.8 Å². The molecule has 136 valence electrons. The number of amides is 2. The summed E-state index contributed by atoms with van der Waals surface area (Å²) >= 11 is 0. The van der Waals surface area contributed by atoms with E-state index in [0.29, 0.717) is 45.0 Å². The molecule has 1 saturated heterocycles. The summed E-state index contributed by atoms with van der Waals surface area (Å²) < 4.78 is 11.1. The van der Waals surface area contributed by atoms with Gasteiger partial charge in [0, 0.05) is 32.1 Å². The van der Waals surface area contributed by atoms with Crippen LogP contribution in [0, 0.1) is 5.92 Å². The zero-order valence-corrected chi connectivity index (χ0v) is 15.0. The molecule has 0 aromatic heterocycles. The smallest absolute Gasteiger partial charge is 0.227 e. The molecule has 1 fully saturated rings. The van der Waals surface area contributed by atoms with Gasteiger partial charge in [-0.25, -0.2) is 0 Å². The van der Waals surface area contributed by atoms with Gasteiger partial charge in [-0.2, -0.15) is 0 Å². The van der Waals surface area contributed by atoms with Crippen molar-refractivity contribution in [2.75, 3.05) is 39.4 Å². The summed E-state index contributed by atoms with van der Waals surface area (Å²) in [5.74, 6) is 1.71. The molecule has 6 nitrogen and oxygen atoms in total. The largest absolute Gasteiger partial charge is 0.486 e. The van der Waals surface area contributed by atoms with Crippen LogP contribution >= 0.6 is 0 Å². The van der Waals surface area contributed by atoms with E-state index >= 15 is 0 Å². The van der Waals surface area contributed by atoms with Gasteiger partial charge in [0.05, 0.1) is 6.42 Å². The summed E-state index contributed by atoms with van der Waals surface area (Å²) in [7, 11) is 0. The normalized spacial score (nSPS) is 17.4. The number of carbonyl (C=O) groups is 2. The van der Waals surface area contributed by atoms with Crippen LogP contribution in [-0.2, 0) is 16.0 Å². The van der Waals surface area contributed by atoms with Gasteiger partial charge in [-0.05, 0) is 24.1 Å². The van der Waals surface area contributed by atoms with Gasteiger partial charge in [0.2, 0.25) is 11.8 Å². The van der Waals surface area contributed by atoms with Crippen molar-refractivity contribution in [2.45, 2.75) is 26.7 Å². The third kappa shape index (κ3) is 4.24. The van der Waals surface area contributed by atoms with E-state index in [9.17, 15) is 9.59 Å². The van der Waals surface area contributed by atoms with Crippen LogP contribution in [0.15, 0.2) is 18.2 Å². The fourth-order valence-corrected chi connectivity index (χ4v) is 3.24. The summed E-state index contributed by atoms with van der Waals surface area (Å²) in [5, 5.41) is 0. The van der Waals surface area contributed by atoms with Crippen LogP contribution in [0.1, 0.15) is 25.8 Å². The zero-order valence-electron chi connectivity index (χ0n) is 15.0. The first kappa shape index (κ1) is 17.6. The Balaban J connectivity index is 1.59. The summed E-state index contributed by atoms with van der Waals surface area (Å²) in [6.07, 6.45) is 1.17. The molecule has 0 aliphatic carbocycles. The van der Waals surface area contributed by atoms with Crippen molar-refractivity contribution < 1.29 is 19.1 Å². The Kier molecular flexibility index (Phi) is 5.46. The van der Waals surface area contributed by atoms with Crippen molar-refractivity contribution in [1.29, 1.82) is 0 Å². The molecule has 0 radical (unpaired) electrons. The molecule has 0 unspecified atom stereocenters. The van der Waals surface area contributed by atoms with Crippen molar-refractivity contribution in [3.63, 3.8) is 0 Å². The van der Waals surface area contributed by atoms with Crippen LogP contribution in [0.2, 0.25) is 0 Å². The number of nitrogens with zero attached hydrogens (tertiary/aromatic N) is 2. The Morgan fingerprint density at radius 1 is 1.00 bits per heavy atom. The van der Waals surface area contributed by atoms with Crippen molar-refractivity contribution in [1.82, 2.24) is 9.80 Å². The van der Waals surface area contributed by atoms with E-state index in [-0.39, 0.29) is 17.7 Å². The second kappa shape index (κ2) is 7.76. The van der Waals surface area contributed by atoms with Gasteiger partial charge >= 0.3 is 0 Å². The van der Waals surface area contributed by atoms with Crippen LogP contribution in [-0.4, -0.2) is 61.0 Å². The Morgan fingerprint density at radius 2 is 1.68 bits per heavy atom. The van der Waals surface area contributed by atoms with Gasteiger partial charge in [0.25, 0.3) is 0 Å². The van der Waals surface area contributed by atoms with E-state index in [1.807, 2.05) is 41.8 Å². The van der Waals surface area contributed by atoms with Crippen LogP contribution in [0.3, 0.4) is 0 Å². The average Bonchev–Trinajstić information content (AvgIpc) is 2.87. The first-order valence-corrected chi connectivity index (χ1v) is 8.99. The molecule has 1 aromatic carbocycles. The highest BCUT2D eigenvalue weighted by Crippen LogP contribution is 2.31. The lowest BCUT2D eigenvalue weighted by Crippen LogP contribution is -2.39. The molecule has 2 amide bonds. The monoisotopic (exact) mass is 346 g/mol. The highest BCUT2D eigenvalue weighted by atomic mass is 16.6. The molecule has 25 heavy (non-hydrogen) atoms. The maximum atomic E-state index is 12.6. The molecule has 0 spiro atoms. The van der Waals surface area contributed by atoms with E-state index in [0.717, 1.165) is 24.3 Å². The fourth-order valence-electron chi connectivity index (χ4n) is 3.24. The molecular weight excluding hydrogens is 320 g/mol. The van der Waals surface area contributed by atoms with Gasteiger partial charge in [-0.3, -0.25) is 9.59 Å². The minimum absolute atomic E-state index is 0.0000316.